The highest BCUT2D eigenvalue weighted by Gasteiger charge is 2.55. The van der Waals surface area contributed by atoms with Gasteiger partial charge in [-0.15, -0.1) is 0 Å². The van der Waals surface area contributed by atoms with Crippen molar-refractivity contribution in [2.24, 2.45) is 0 Å². The Labute approximate surface area is 335 Å². The van der Waals surface area contributed by atoms with Crippen LogP contribution in [-0.2, 0) is 19.0 Å². The monoisotopic (exact) mass is 801 g/mol. The van der Waals surface area contributed by atoms with Gasteiger partial charge in [0, 0.05) is 56.9 Å². The number of carbonyl (C=O) groups excluding carboxylic acids is 2. The predicted molar refractivity (Wildman–Crippen MR) is 210 cm³/mol. The van der Waals surface area contributed by atoms with Crippen LogP contribution in [0.3, 0.4) is 0 Å². The van der Waals surface area contributed by atoms with E-state index in [2.05, 4.69) is 15.2 Å². The number of rotatable bonds is 4. The number of carbonyl (C=O) groups is 2. The number of hydrogen-bond acceptors (Lipinski definition) is 12. The molecule has 0 saturated carbocycles. The second-order valence-corrected chi connectivity index (χ2v) is 17.3. The Morgan fingerprint density at radius 1 is 1.12 bits per heavy atom. The van der Waals surface area contributed by atoms with Gasteiger partial charge in [0.05, 0.1) is 35.2 Å². The van der Waals surface area contributed by atoms with Gasteiger partial charge in [0.25, 0.3) is 0 Å². The first-order chi connectivity index (χ1) is 27.8. The molecule has 9 rings (SSSR count). The Balaban J connectivity index is 1.19. The number of ether oxygens (including phenoxy) is 5. The summed E-state index contributed by atoms with van der Waals surface area (Å²) in [5.74, 6) is -0.761. The van der Waals surface area contributed by atoms with Crippen LogP contribution >= 0.6 is 0 Å². The SMILES string of the molecule is COCOc1cc(-c2ncc3c4nc(nc3c2F)OC[C@]23CCCN2C[C@@H](C3)OCCC(=O)NCC23CCC(CN4C2)N3C(=O)OC(C)(C)C)c2c(F)cccc2c1. The molecular weight excluding hydrogens is 752 g/mol. The third kappa shape index (κ3) is 6.92. The van der Waals surface area contributed by atoms with Crippen LogP contribution in [0.2, 0.25) is 0 Å². The van der Waals surface area contributed by atoms with Gasteiger partial charge in [0.2, 0.25) is 5.91 Å². The molecule has 4 aromatic rings. The number of amides is 2. The van der Waals surface area contributed by atoms with Crippen LogP contribution in [0.15, 0.2) is 36.5 Å². The smallest absolute Gasteiger partial charge is 0.411 e. The highest BCUT2D eigenvalue weighted by Crippen LogP contribution is 2.45. The van der Waals surface area contributed by atoms with Gasteiger partial charge in [0.15, 0.2) is 12.6 Å². The molecule has 58 heavy (non-hydrogen) atoms. The highest BCUT2D eigenvalue weighted by atomic mass is 19.1. The van der Waals surface area contributed by atoms with E-state index in [0.717, 1.165) is 19.4 Å². The van der Waals surface area contributed by atoms with Crippen molar-refractivity contribution in [3.05, 3.63) is 48.2 Å². The summed E-state index contributed by atoms with van der Waals surface area (Å²) in [4.78, 5) is 47.8. The number of methoxy groups -OCH3 is 1. The van der Waals surface area contributed by atoms with E-state index in [4.69, 9.17) is 33.7 Å². The number of aromatic nitrogens is 3. The molecule has 7 bridgehead atoms. The number of fused-ring (bicyclic) bond motifs is 9. The maximum Gasteiger partial charge on any atom is 0.411 e. The Bertz CT molecular complexity index is 2280. The van der Waals surface area contributed by atoms with Crippen LogP contribution < -0.4 is 19.7 Å². The van der Waals surface area contributed by atoms with Crippen LogP contribution in [0.4, 0.5) is 19.4 Å². The summed E-state index contributed by atoms with van der Waals surface area (Å²) in [6.45, 7) is 8.30. The highest BCUT2D eigenvalue weighted by molar-refractivity contribution is 6.00. The summed E-state index contributed by atoms with van der Waals surface area (Å²) in [6.07, 6.45) is 4.97. The molecular formula is C42H49F2N7O7. The predicted octanol–water partition coefficient (Wildman–Crippen LogP) is 5.59. The van der Waals surface area contributed by atoms with Crippen LogP contribution in [0, 0.1) is 11.6 Å². The van der Waals surface area contributed by atoms with Crippen molar-refractivity contribution >= 4 is 39.5 Å². The van der Waals surface area contributed by atoms with Crippen LogP contribution in [-0.4, -0.2) is 125 Å². The Morgan fingerprint density at radius 3 is 2.81 bits per heavy atom. The average molecular weight is 802 g/mol. The fourth-order valence-electron chi connectivity index (χ4n) is 9.83. The van der Waals surface area contributed by atoms with Crippen LogP contribution in [0.5, 0.6) is 11.8 Å². The van der Waals surface area contributed by atoms with Gasteiger partial charge >= 0.3 is 12.1 Å². The molecule has 1 N–H and O–H groups in total. The van der Waals surface area contributed by atoms with Gasteiger partial charge in [-0.05, 0) is 83.0 Å². The average Bonchev–Trinajstić information content (AvgIpc) is 3.81. The van der Waals surface area contributed by atoms with E-state index in [1.165, 1.54) is 19.4 Å². The maximum atomic E-state index is 17.4. The van der Waals surface area contributed by atoms with Crippen molar-refractivity contribution < 1.29 is 42.1 Å². The van der Waals surface area contributed by atoms with Crippen LogP contribution in [0.1, 0.15) is 59.3 Å². The molecule has 308 valence electrons. The molecule has 2 spiro atoms. The minimum Gasteiger partial charge on any atom is -0.468 e. The number of pyridine rings is 1. The minimum absolute atomic E-state index is 0.00838. The van der Waals surface area contributed by atoms with Gasteiger partial charge in [-0.1, -0.05) is 12.1 Å². The first-order valence-corrected chi connectivity index (χ1v) is 20.1. The van der Waals surface area contributed by atoms with Gasteiger partial charge in [-0.3, -0.25) is 19.6 Å². The lowest BCUT2D eigenvalue weighted by molar-refractivity contribution is -0.123. The lowest BCUT2D eigenvalue weighted by Gasteiger charge is -2.49. The minimum atomic E-state index is -0.874. The number of halogens is 2. The molecule has 2 aromatic heterocycles. The summed E-state index contributed by atoms with van der Waals surface area (Å²) >= 11 is 0. The first-order valence-electron chi connectivity index (χ1n) is 20.1. The lowest BCUT2D eigenvalue weighted by Crippen LogP contribution is -2.67. The zero-order valence-corrected chi connectivity index (χ0v) is 33.3. The first kappa shape index (κ1) is 38.6. The molecule has 16 heteroatoms. The fraction of sp³-hybridized carbons (Fsp3) is 0.548. The quantitative estimate of drug-likeness (QED) is 0.258. The molecule has 5 aliphatic rings. The van der Waals surface area contributed by atoms with Crippen molar-refractivity contribution in [1.82, 2.24) is 30.1 Å². The third-order valence-corrected chi connectivity index (χ3v) is 12.3. The summed E-state index contributed by atoms with van der Waals surface area (Å²) < 4.78 is 62.6. The summed E-state index contributed by atoms with van der Waals surface area (Å²) in [5, 5.41) is 4.11. The van der Waals surface area contributed by atoms with Crippen molar-refractivity contribution in [2.75, 3.05) is 64.7 Å². The fourth-order valence-corrected chi connectivity index (χ4v) is 9.83. The summed E-state index contributed by atoms with van der Waals surface area (Å²) in [7, 11) is 1.49. The Morgan fingerprint density at radius 2 is 1.98 bits per heavy atom. The van der Waals surface area contributed by atoms with E-state index >= 15 is 8.78 Å². The molecule has 0 aliphatic carbocycles. The molecule has 2 unspecified atom stereocenters. The van der Waals surface area contributed by atoms with E-state index in [9.17, 15) is 9.59 Å². The molecule has 7 heterocycles. The second-order valence-electron chi connectivity index (χ2n) is 17.3. The largest absolute Gasteiger partial charge is 0.468 e. The maximum absolute atomic E-state index is 17.4. The third-order valence-electron chi connectivity index (χ3n) is 12.3. The van der Waals surface area contributed by atoms with E-state index in [-0.39, 0.29) is 91.3 Å². The van der Waals surface area contributed by atoms with Crippen LogP contribution in [0.25, 0.3) is 32.9 Å². The normalized spacial score (nSPS) is 26.3. The standard InChI is InChI=1S/C42H49F2N7O7/c1-40(2,3)58-39(53)51-26-9-12-42(51)21-46-32(52)10-14-55-28-17-41(11-6-13-50(41)20-28)23-56-38-47-36-30(37(48-38)49(19-26)22-42)18-45-35(34(36)44)29-16-27(57-24-54-4)15-25-7-5-8-31(43)33(25)29/h5,7-8,15-16,18,26,28H,6,9-14,17,19-24H2,1-4H3,(H,46,52)/t26?,28-,41-,42?/m1/s1. The topological polar surface area (TPSA) is 141 Å². The van der Waals surface area contributed by atoms with E-state index in [0.29, 0.717) is 54.7 Å². The summed E-state index contributed by atoms with van der Waals surface area (Å²) in [5.41, 5.74) is -1.93. The molecule has 0 radical (unpaired) electrons. The van der Waals surface area contributed by atoms with Gasteiger partial charge in [-0.2, -0.15) is 9.97 Å². The number of nitrogens with zero attached hydrogens (tertiary/aromatic N) is 6. The lowest BCUT2D eigenvalue weighted by atomic mass is 9.94. The molecule has 4 atom stereocenters. The van der Waals surface area contributed by atoms with Gasteiger partial charge < -0.3 is 33.9 Å². The number of anilines is 1. The molecule has 5 aliphatic heterocycles. The van der Waals surface area contributed by atoms with Crippen molar-refractivity contribution in [3.8, 4) is 23.0 Å². The van der Waals surface area contributed by atoms with E-state index < -0.39 is 28.9 Å². The molecule has 2 aromatic carbocycles. The van der Waals surface area contributed by atoms with Gasteiger partial charge in [0.1, 0.15) is 40.8 Å². The molecule has 4 fully saturated rings. The molecule has 4 saturated heterocycles. The zero-order chi connectivity index (χ0) is 40.4. The molecule has 2 amide bonds. The van der Waals surface area contributed by atoms with Crippen molar-refractivity contribution in [2.45, 2.75) is 88.1 Å². The summed E-state index contributed by atoms with van der Waals surface area (Å²) in [6, 6.07) is 7.53. The van der Waals surface area contributed by atoms with Crippen molar-refractivity contribution in [1.29, 1.82) is 0 Å². The second kappa shape index (κ2) is 14.7. The van der Waals surface area contributed by atoms with Gasteiger partial charge in [-0.25, -0.2) is 13.6 Å². The van der Waals surface area contributed by atoms with E-state index in [1.807, 2.05) is 25.7 Å². The van der Waals surface area contributed by atoms with Crippen molar-refractivity contribution in [3.63, 3.8) is 0 Å². The zero-order valence-electron chi connectivity index (χ0n) is 33.3. The number of nitrogens with one attached hydrogen (secondary N) is 1. The number of piperazine rings is 1. The molecule has 14 nitrogen and oxygen atoms in total. The Kier molecular flexibility index (Phi) is 9.79. The Hall–Kier alpha value is -4.93. The number of benzene rings is 2. The number of hydrogen-bond donors (Lipinski definition) is 1. The van der Waals surface area contributed by atoms with E-state index in [1.54, 1.807) is 29.2 Å².